The molecule has 2 atom stereocenters. The van der Waals surface area contributed by atoms with E-state index in [9.17, 15) is 0 Å². The van der Waals surface area contributed by atoms with E-state index in [0.717, 1.165) is 35.0 Å². The van der Waals surface area contributed by atoms with E-state index in [4.69, 9.17) is 18.9 Å². The average molecular weight is 324 g/mol. The zero-order chi connectivity index (χ0) is 16.7. The highest BCUT2D eigenvalue weighted by atomic mass is 16.7. The van der Waals surface area contributed by atoms with Crippen molar-refractivity contribution in [3.8, 4) is 23.0 Å². The van der Waals surface area contributed by atoms with Crippen molar-refractivity contribution in [3.63, 3.8) is 0 Å². The van der Waals surface area contributed by atoms with Gasteiger partial charge in [0.05, 0.1) is 7.11 Å². The van der Waals surface area contributed by atoms with Crippen LogP contribution in [-0.2, 0) is 6.42 Å². The number of hydrogen-bond donors (Lipinski definition) is 0. The first-order valence-corrected chi connectivity index (χ1v) is 8.09. The first-order valence-electron chi connectivity index (χ1n) is 8.09. The summed E-state index contributed by atoms with van der Waals surface area (Å²) in [7, 11) is 1.68. The Morgan fingerprint density at radius 3 is 2.83 bits per heavy atom. The van der Waals surface area contributed by atoms with Crippen molar-refractivity contribution in [2.75, 3.05) is 13.9 Å². The number of fused-ring (bicyclic) bond motifs is 2. The topological polar surface area (TPSA) is 36.9 Å². The zero-order valence-corrected chi connectivity index (χ0v) is 13.9. The molecule has 4 rings (SSSR count). The van der Waals surface area contributed by atoms with Gasteiger partial charge in [0, 0.05) is 11.5 Å². The summed E-state index contributed by atoms with van der Waals surface area (Å²) in [6.45, 7) is 6.28. The molecule has 4 heteroatoms. The van der Waals surface area contributed by atoms with E-state index in [-0.39, 0.29) is 18.8 Å². The molecule has 0 fully saturated rings. The molecule has 4 nitrogen and oxygen atoms in total. The van der Waals surface area contributed by atoms with Crippen molar-refractivity contribution in [2.24, 2.45) is 0 Å². The van der Waals surface area contributed by atoms with Gasteiger partial charge in [-0.1, -0.05) is 25.1 Å². The van der Waals surface area contributed by atoms with Gasteiger partial charge in [-0.2, -0.15) is 0 Å². The van der Waals surface area contributed by atoms with Crippen LogP contribution in [0.4, 0.5) is 0 Å². The molecule has 0 saturated heterocycles. The van der Waals surface area contributed by atoms with Gasteiger partial charge in [-0.05, 0) is 35.7 Å². The SMILES string of the molecule is C=CCc1cc(OC)c2c(c1)[C@@H](C)[C@H](c1ccc3c(c1)OCO3)O2. The van der Waals surface area contributed by atoms with E-state index in [2.05, 4.69) is 19.6 Å². The fraction of sp³-hybridized carbons (Fsp3) is 0.300. The van der Waals surface area contributed by atoms with Gasteiger partial charge in [-0.3, -0.25) is 0 Å². The first kappa shape index (κ1) is 14.9. The van der Waals surface area contributed by atoms with Crippen LogP contribution in [0.1, 0.15) is 35.6 Å². The number of allylic oxidation sites excluding steroid dienone is 1. The molecule has 24 heavy (non-hydrogen) atoms. The van der Waals surface area contributed by atoms with E-state index < -0.39 is 0 Å². The van der Waals surface area contributed by atoms with Gasteiger partial charge < -0.3 is 18.9 Å². The van der Waals surface area contributed by atoms with Gasteiger partial charge in [-0.15, -0.1) is 6.58 Å². The van der Waals surface area contributed by atoms with E-state index in [1.54, 1.807) is 7.11 Å². The first-order chi connectivity index (χ1) is 11.7. The van der Waals surface area contributed by atoms with Gasteiger partial charge in [0.2, 0.25) is 6.79 Å². The second-order valence-corrected chi connectivity index (χ2v) is 6.15. The molecule has 0 unspecified atom stereocenters. The Hall–Kier alpha value is -2.62. The standard InChI is InChI=1S/C20H20O4/c1-4-5-13-8-15-12(2)19(24-20(15)18(9-13)21-3)14-6-7-16-17(10-14)23-11-22-16/h4,6-10,12,19H,1,5,11H2,2-3H3/t12-,19-/m1/s1. The molecule has 2 aliphatic heterocycles. The van der Waals surface area contributed by atoms with E-state index >= 15 is 0 Å². The highest BCUT2D eigenvalue weighted by molar-refractivity contribution is 5.56. The summed E-state index contributed by atoms with van der Waals surface area (Å²) in [4.78, 5) is 0. The van der Waals surface area contributed by atoms with Crippen LogP contribution >= 0.6 is 0 Å². The van der Waals surface area contributed by atoms with E-state index in [1.165, 1.54) is 11.1 Å². The lowest BCUT2D eigenvalue weighted by molar-refractivity contribution is 0.173. The predicted molar refractivity (Wildman–Crippen MR) is 91.2 cm³/mol. The van der Waals surface area contributed by atoms with Crippen molar-refractivity contribution in [1.82, 2.24) is 0 Å². The Kier molecular flexibility index (Phi) is 3.60. The van der Waals surface area contributed by atoms with Crippen molar-refractivity contribution in [2.45, 2.75) is 25.4 Å². The Balaban J connectivity index is 1.72. The molecule has 0 aromatic heterocycles. The molecule has 0 saturated carbocycles. The number of rotatable bonds is 4. The summed E-state index contributed by atoms with van der Waals surface area (Å²) in [6, 6.07) is 10.2. The van der Waals surface area contributed by atoms with Crippen LogP contribution in [0.5, 0.6) is 23.0 Å². The fourth-order valence-electron chi connectivity index (χ4n) is 3.42. The molecule has 0 radical (unpaired) electrons. The Morgan fingerprint density at radius 1 is 1.21 bits per heavy atom. The lowest BCUT2D eigenvalue weighted by atomic mass is 9.91. The molecule has 0 amide bonds. The monoisotopic (exact) mass is 324 g/mol. The maximum Gasteiger partial charge on any atom is 0.231 e. The van der Waals surface area contributed by atoms with Gasteiger partial charge in [0.25, 0.3) is 0 Å². The van der Waals surface area contributed by atoms with Crippen LogP contribution in [0.3, 0.4) is 0 Å². The molecule has 0 N–H and O–H groups in total. The van der Waals surface area contributed by atoms with Crippen LogP contribution in [0.15, 0.2) is 43.0 Å². The molecular formula is C20H20O4. The molecule has 2 aromatic carbocycles. The molecule has 0 bridgehead atoms. The zero-order valence-electron chi connectivity index (χ0n) is 13.9. The Morgan fingerprint density at radius 2 is 2.04 bits per heavy atom. The summed E-state index contributed by atoms with van der Waals surface area (Å²) < 4.78 is 22.7. The second kappa shape index (κ2) is 5.78. The molecule has 2 aliphatic rings. The van der Waals surface area contributed by atoms with Gasteiger partial charge in [0.15, 0.2) is 23.0 Å². The number of methoxy groups -OCH3 is 1. The summed E-state index contributed by atoms with van der Waals surface area (Å²) in [5.41, 5.74) is 3.44. The molecule has 2 heterocycles. The molecular weight excluding hydrogens is 304 g/mol. The molecule has 124 valence electrons. The van der Waals surface area contributed by atoms with Crippen molar-refractivity contribution in [1.29, 1.82) is 0 Å². The highest BCUT2D eigenvalue weighted by Crippen LogP contribution is 2.51. The molecule has 0 spiro atoms. The quantitative estimate of drug-likeness (QED) is 0.782. The van der Waals surface area contributed by atoms with Crippen LogP contribution < -0.4 is 18.9 Å². The lowest BCUT2D eigenvalue weighted by Gasteiger charge is -2.16. The van der Waals surface area contributed by atoms with Crippen molar-refractivity contribution >= 4 is 0 Å². The van der Waals surface area contributed by atoms with Crippen molar-refractivity contribution in [3.05, 3.63) is 59.7 Å². The Labute approximate surface area is 141 Å². The van der Waals surface area contributed by atoms with E-state index in [0.29, 0.717) is 0 Å². The number of ether oxygens (including phenoxy) is 4. The van der Waals surface area contributed by atoms with Gasteiger partial charge in [0.1, 0.15) is 6.10 Å². The third kappa shape index (κ3) is 2.30. The lowest BCUT2D eigenvalue weighted by Crippen LogP contribution is -2.07. The van der Waals surface area contributed by atoms with Crippen LogP contribution in [0.25, 0.3) is 0 Å². The summed E-state index contributed by atoms with van der Waals surface area (Å²) in [6.07, 6.45) is 2.64. The number of benzene rings is 2. The summed E-state index contributed by atoms with van der Waals surface area (Å²) in [5.74, 6) is 3.39. The molecule has 2 aromatic rings. The van der Waals surface area contributed by atoms with E-state index in [1.807, 2.05) is 30.3 Å². The minimum atomic E-state index is -0.0672. The average Bonchev–Trinajstić information content (AvgIpc) is 3.19. The summed E-state index contributed by atoms with van der Waals surface area (Å²) >= 11 is 0. The fourth-order valence-corrected chi connectivity index (χ4v) is 3.42. The van der Waals surface area contributed by atoms with Gasteiger partial charge >= 0.3 is 0 Å². The van der Waals surface area contributed by atoms with Crippen molar-refractivity contribution < 1.29 is 18.9 Å². The largest absolute Gasteiger partial charge is 0.493 e. The highest BCUT2D eigenvalue weighted by Gasteiger charge is 2.35. The summed E-state index contributed by atoms with van der Waals surface area (Å²) in [5, 5.41) is 0. The smallest absolute Gasteiger partial charge is 0.231 e. The van der Waals surface area contributed by atoms with Gasteiger partial charge in [-0.25, -0.2) is 0 Å². The number of hydrogen-bond acceptors (Lipinski definition) is 4. The Bertz CT molecular complexity index is 796. The minimum absolute atomic E-state index is 0.0672. The van der Waals surface area contributed by atoms with Crippen LogP contribution in [0, 0.1) is 0 Å². The van der Waals surface area contributed by atoms with Crippen LogP contribution in [0.2, 0.25) is 0 Å². The molecule has 0 aliphatic carbocycles. The minimum Gasteiger partial charge on any atom is -0.493 e. The maximum atomic E-state index is 6.27. The maximum absolute atomic E-state index is 6.27. The normalized spacial score (nSPS) is 20.4. The second-order valence-electron chi connectivity index (χ2n) is 6.15. The van der Waals surface area contributed by atoms with Crippen LogP contribution in [-0.4, -0.2) is 13.9 Å². The predicted octanol–water partition coefficient (Wildman–Crippen LogP) is 4.39. The third-order valence-corrected chi connectivity index (χ3v) is 4.66. The third-order valence-electron chi connectivity index (χ3n) is 4.66.